The minimum atomic E-state index is -1.20. The number of carbonyl (C=O) groups excluding carboxylic acids is 2. The summed E-state index contributed by atoms with van der Waals surface area (Å²) >= 11 is 0. The van der Waals surface area contributed by atoms with Gasteiger partial charge in [-0.2, -0.15) is 0 Å². The molecule has 1 heterocycles. The fourth-order valence-electron chi connectivity index (χ4n) is 9.24. The molecule has 272 valence electrons. The lowest BCUT2D eigenvalue weighted by Crippen LogP contribution is -2.55. The van der Waals surface area contributed by atoms with Crippen molar-refractivity contribution in [1.82, 2.24) is 4.90 Å². The first-order chi connectivity index (χ1) is 24.1. The van der Waals surface area contributed by atoms with Gasteiger partial charge in [-0.1, -0.05) is 50.0 Å². The Labute approximate surface area is 298 Å². The third kappa shape index (κ3) is 8.13. The molecule has 0 aromatic heterocycles. The Balaban J connectivity index is 1.36. The largest absolute Gasteiger partial charge is 0.497 e. The normalized spacial score (nSPS) is 29.1. The van der Waals surface area contributed by atoms with Crippen LogP contribution in [0.1, 0.15) is 125 Å². The van der Waals surface area contributed by atoms with Gasteiger partial charge in [0.15, 0.2) is 5.78 Å². The molecule has 0 radical (unpaired) electrons. The number of carbonyl (C=O) groups is 2. The monoisotopic (exact) mass is 686 g/mol. The number of aliphatic hydroxyl groups excluding tert-OH is 1. The number of fused-ring (bicyclic) bond motifs is 8. The molecule has 0 unspecified atom stereocenters. The van der Waals surface area contributed by atoms with Crippen LogP contribution in [0.3, 0.4) is 0 Å². The van der Waals surface area contributed by atoms with E-state index < -0.39 is 17.1 Å². The van der Waals surface area contributed by atoms with Gasteiger partial charge in [-0.25, -0.2) is 4.79 Å². The van der Waals surface area contributed by atoms with E-state index in [0.29, 0.717) is 50.3 Å². The number of benzene rings is 2. The summed E-state index contributed by atoms with van der Waals surface area (Å²) in [5.74, 6) is 0.875. The van der Waals surface area contributed by atoms with Gasteiger partial charge in [-0.3, -0.25) is 4.79 Å². The molecule has 0 spiro atoms. The minimum absolute atomic E-state index is 0.0160. The SMILES string of the molecule is COc1ccc(NC(=O)N(C[C@H]2CCCO2)C[C@]2(O)CC[C@H]3c4ccc(cc4C(=O)C4CCCCC4)C[C@@H](O)CCC(C)=CCC[C@@]32C)cc1. The number of aliphatic hydroxyl groups is 2. The highest BCUT2D eigenvalue weighted by Gasteiger charge is 2.58. The van der Waals surface area contributed by atoms with Gasteiger partial charge in [0.25, 0.3) is 0 Å². The van der Waals surface area contributed by atoms with Gasteiger partial charge in [-0.05, 0) is 125 Å². The zero-order chi connectivity index (χ0) is 35.3. The summed E-state index contributed by atoms with van der Waals surface area (Å²) in [4.78, 5) is 30.2. The van der Waals surface area contributed by atoms with E-state index >= 15 is 0 Å². The second kappa shape index (κ2) is 16.0. The summed E-state index contributed by atoms with van der Waals surface area (Å²) in [6.45, 7) is 5.56. The topological polar surface area (TPSA) is 108 Å². The molecule has 2 bridgehead atoms. The van der Waals surface area contributed by atoms with Crippen molar-refractivity contribution in [2.75, 3.05) is 32.1 Å². The van der Waals surface area contributed by atoms with E-state index in [1.807, 2.05) is 24.3 Å². The van der Waals surface area contributed by atoms with Crippen LogP contribution in [-0.4, -0.2) is 71.5 Å². The third-order valence-electron chi connectivity index (χ3n) is 12.4. The first-order valence-corrected chi connectivity index (χ1v) is 19.1. The molecule has 1 aliphatic heterocycles. The van der Waals surface area contributed by atoms with Crippen LogP contribution in [0.5, 0.6) is 5.75 Å². The lowest BCUT2D eigenvalue weighted by atomic mass is 9.64. The smallest absolute Gasteiger partial charge is 0.322 e. The van der Waals surface area contributed by atoms with E-state index in [1.54, 1.807) is 12.0 Å². The van der Waals surface area contributed by atoms with Crippen LogP contribution in [0, 0.1) is 11.3 Å². The van der Waals surface area contributed by atoms with Crippen LogP contribution >= 0.6 is 0 Å². The van der Waals surface area contributed by atoms with E-state index in [-0.39, 0.29) is 36.3 Å². The van der Waals surface area contributed by atoms with Gasteiger partial charge >= 0.3 is 6.03 Å². The number of ketones is 1. The summed E-state index contributed by atoms with van der Waals surface area (Å²) in [6, 6.07) is 13.3. The number of anilines is 1. The molecule has 50 heavy (non-hydrogen) atoms. The number of amides is 2. The molecule has 5 aliphatic rings. The molecular formula is C42H58N2O6. The number of nitrogens with one attached hydrogen (secondary N) is 1. The Morgan fingerprint density at radius 1 is 1.00 bits per heavy atom. The van der Waals surface area contributed by atoms with Gasteiger partial charge < -0.3 is 29.9 Å². The molecule has 2 saturated carbocycles. The predicted molar refractivity (Wildman–Crippen MR) is 197 cm³/mol. The molecule has 8 nitrogen and oxygen atoms in total. The highest BCUT2D eigenvalue weighted by Crippen LogP contribution is 2.59. The summed E-state index contributed by atoms with van der Waals surface area (Å²) in [5, 5.41) is 27.0. The Bertz CT molecular complexity index is 1510. The van der Waals surface area contributed by atoms with Crippen LogP contribution in [-0.2, 0) is 11.2 Å². The van der Waals surface area contributed by atoms with E-state index in [9.17, 15) is 19.8 Å². The molecule has 3 fully saturated rings. The lowest BCUT2D eigenvalue weighted by Gasteiger charge is -2.46. The number of rotatable bonds is 8. The number of nitrogens with zero attached hydrogens (tertiary/aromatic N) is 1. The second-order valence-electron chi connectivity index (χ2n) is 15.8. The molecule has 2 aromatic rings. The zero-order valence-electron chi connectivity index (χ0n) is 30.4. The maximum Gasteiger partial charge on any atom is 0.322 e. The first-order valence-electron chi connectivity index (χ1n) is 19.1. The molecule has 3 N–H and O–H groups in total. The van der Waals surface area contributed by atoms with Crippen LogP contribution in [0.25, 0.3) is 0 Å². The van der Waals surface area contributed by atoms with Gasteiger partial charge in [0.2, 0.25) is 0 Å². The fourth-order valence-corrected chi connectivity index (χ4v) is 9.24. The van der Waals surface area contributed by atoms with Gasteiger partial charge in [0, 0.05) is 35.7 Å². The summed E-state index contributed by atoms with van der Waals surface area (Å²) < 4.78 is 11.3. The molecule has 2 aromatic carbocycles. The van der Waals surface area contributed by atoms with Crippen molar-refractivity contribution in [3.63, 3.8) is 0 Å². The molecule has 2 amide bonds. The lowest BCUT2D eigenvalue weighted by molar-refractivity contribution is -0.0800. The van der Waals surface area contributed by atoms with Crippen LogP contribution in [0.2, 0.25) is 0 Å². The standard InChI is InChI=1S/C42H58N2O6/c1-29-9-7-22-41(2)38(36-20-14-30(25-33(45)17-13-29)26-37(36)39(46)31-10-5-4-6-11-31)21-23-42(41,48)28-44(27-35-12-8-24-50-35)40(47)43-32-15-18-34(49-3)19-16-32/h9,14-16,18-20,26,31,33,35,38,45,48H,4-8,10-13,17,21-25,27-28H2,1-3H3,(H,43,47)/t33-,35+,38-,41-,42+/m0/s1. The van der Waals surface area contributed by atoms with Crippen molar-refractivity contribution in [3.8, 4) is 5.75 Å². The third-order valence-corrected chi connectivity index (χ3v) is 12.4. The number of ether oxygens (including phenoxy) is 2. The van der Waals surface area contributed by atoms with E-state index in [4.69, 9.17) is 9.47 Å². The zero-order valence-corrected chi connectivity index (χ0v) is 30.4. The Kier molecular flexibility index (Phi) is 11.7. The van der Waals surface area contributed by atoms with Crippen LogP contribution < -0.4 is 10.1 Å². The average Bonchev–Trinajstić information content (AvgIpc) is 3.72. The number of hydrogen-bond acceptors (Lipinski definition) is 6. The van der Waals surface area contributed by atoms with Crippen molar-refractivity contribution >= 4 is 17.5 Å². The molecule has 4 aliphatic carbocycles. The number of methoxy groups -OCH3 is 1. The Morgan fingerprint density at radius 2 is 1.78 bits per heavy atom. The molecular weight excluding hydrogens is 628 g/mol. The predicted octanol–water partition coefficient (Wildman–Crippen LogP) is 8.21. The summed E-state index contributed by atoms with van der Waals surface area (Å²) in [7, 11) is 1.61. The van der Waals surface area contributed by atoms with Crippen LogP contribution in [0.4, 0.5) is 10.5 Å². The molecule has 5 atom stereocenters. The fraction of sp³-hybridized carbons (Fsp3) is 0.619. The highest BCUT2D eigenvalue weighted by molar-refractivity contribution is 5.99. The Hall–Kier alpha value is -3.20. The van der Waals surface area contributed by atoms with E-state index in [1.165, 1.54) is 12.0 Å². The second-order valence-corrected chi connectivity index (χ2v) is 15.8. The average molecular weight is 687 g/mol. The number of urea groups is 1. The number of hydrogen-bond donors (Lipinski definition) is 3. The quantitative estimate of drug-likeness (QED) is 0.191. The number of allylic oxidation sites excluding steroid dienone is 2. The van der Waals surface area contributed by atoms with Gasteiger partial charge in [0.1, 0.15) is 5.75 Å². The van der Waals surface area contributed by atoms with Crippen molar-refractivity contribution in [3.05, 3.63) is 70.8 Å². The molecule has 8 heteroatoms. The molecule has 7 rings (SSSR count). The maximum atomic E-state index is 14.4. The van der Waals surface area contributed by atoms with E-state index in [0.717, 1.165) is 74.5 Å². The highest BCUT2D eigenvalue weighted by atomic mass is 16.5. The molecule has 1 saturated heterocycles. The Morgan fingerprint density at radius 3 is 2.50 bits per heavy atom. The minimum Gasteiger partial charge on any atom is -0.497 e. The van der Waals surface area contributed by atoms with Crippen molar-refractivity contribution < 1.29 is 29.3 Å². The van der Waals surface area contributed by atoms with Crippen molar-refractivity contribution in [1.29, 1.82) is 0 Å². The van der Waals surface area contributed by atoms with Crippen molar-refractivity contribution in [2.24, 2.45) is 11.3 Å². The van der Waals surface area contributed by atoms with Crippen molar-refractivity contribution in [2.45, 2.75) is 127 Å². The van der Waals surface area contributed by atoms with Gasteiger partial charge in [-0.15, -0.1) is 0 Å². The van der Waals surface area contributed by atoms with Crippen LogP contribution in [0.15, 0.2) is 54.1 Å². The summed E-state index contributed by atoms with van der Waals surface area (Å²) in [5.41, 5.74) is 2.86. The maximum absolute atomic E-state index is 14.4. The number of Topliss-reactive ketones (excluding diaryl/α,β-unsaturated/α-hetero) is 1. The first kappa shape index (κ1) is 36.6. The summed E-state index contributed by atoms with van der Waals surface area (Å²) in [6.07, 6.45) is 13.4. The van der Waals surface area contributed by atoms with Gasteiger partial charge in [0.05, 0.1) is 31.5 Å². The van der Waals surface area contributed by atoms with E-state index in [2.05, 4.69) is 43.4 Å².